The summed E-state index contributed by atoms with van der Waals surface area (Å²) in [6.45, 7) is 3.71. The average molecular weight is 274 g/mol. The molecule has 20 heavy (non-hydrogen) atoms. The van der Waals surface area contributed by atoms with Crippen molar-refractivity contribution in [1.82, 2.24) is 0 Å². The van der Waals surface area contributed by atoms with E-state index in [2.05, 4.69) is 0 Å². The molecule has 0 amide bonds. The fourth-order valence-electron chi connectivity index (χ4n) is 1.68. The van der Waals surface area contributed by atoms with Gasteiger partial charge in [0, 0.05) is 0 Å². The molecule has 0 bridgehead atoms. The molecule has 0 unspecified atom stereocenters. The maximum absolute atomic E-state index is 12.7. The van der Waals surface area contributed by atoms with Crippen LogP contribution in [0.3, 0.4) is 0 Å². The van der Waals surface area contributed by atoms with Crippen LogP contribution in [0.25, 0.3) is 0 Å². The lowest BCUT2D eigenvalue weighted by Gasteiger charge is -2.10. The lowest BCUT2D eigenvalue weighted by atomic mass is 10.1. The van der Waals surface area contributed by atoms with Gasteiger partial charge in [-0.15, -0.1) is 0 Å². The minimum atomic E-state index is -0.530. The van der Waals surface area contributed by atoms with Crippen LogP contribution in [0.15, 0.2) is 42.5 Å². The van der Waals surface area contributed by atoms with Crippen LogP contribution in [-0.2, 0) is 4.79 Å². The fourth-order valence-corrected chi connectivity index (χ4v) is 1.68. The molecule has 2 aromatic rings. The van der Waals surface area contributed by atoms with E-state index in [0.717, 1.165) is 11.1 Å². The Balaban J connectivity index is 1.92. The molecule has 0 aliphatic heterocycles. The molecule has 0 heterocycles. The number of hydrogen-bond donors (Lipinski definition) is 0. The van der Waals surface area contributed by atoms with E-state index in [1.165, 1.54) is 24.3 Å². The van der Waals surface area contributed by atoms with Crippen LogP contribution in [0.2, 0.25) is 0 Å². The number of benzene rings is 2. The van der Waals surface area contributed by atoms with Crippen molar-refractivity contribution in [2.24, 2.45) is 0 Å². The van der Waals surface area contributed by atoms with E-state index in [0.29, 0.717) is 11.5 Å². The molecule has 0 aromatic heterocycles. The first-order valence-electron chi connectivity index (χ1n) is 6.21. The van der Waals surface area contributed by atoms with Crippen LogP contribution in [0.5, 0.6) is 11.5 Å². The molecule has 0 aliphatic rings. The number of carbonyl (C=O) groups is 1. The van der Waals surface area contributed by atoms with Gasteiger partial charge in [0.15, 0.2) is 6.61 Å². The standard InChI is InChI=1S/C16H15FO3/c1-11-4-3-5-15(12(11)2)19-10-16(18)20-14-8-6-13(17)7-9-14/h3-9H,10H2,1-2H3. The van der Waals surface area contributed by atoms with Crippen molar-refractivity contribution in [1.29, 1.82) is 0 Å². The van der Waals surface area contributed by atoms with Gasteiger partial charge in [0.25, 0.3) is 0 Å². The smallest absolute Gasteiger partial charge is 0.349 e. The summed E-state index contributed by atoms with van der Waals surface area (Å²) < 4.78 is 23.2. The second-order valence-electron chi connectivity index (χ2n) is 4.41. The van der Waals surface area contributed by atoms with E-state index in [9.17, 15) is 9.18 Å². The molecular formula is C16H15FO3. The van der Waals surface area contributed by atoms with Gasteiger partial charge in [0.2, 0.25) is 0 Å². The molecule has 2 aromatic carbocycles. The molecule has 4 heteroatoms. The highest BCUT2D eigenvalue weighted by molar-refractivity contribution is 5.74. The molecule has 0 atom stereocenters. The van der Waals surface area contributed by atoms with Crippen molar-refractivity contribution in [3.05, 3.63) is 59.4 Å². The SMILES string of the molecule is Cc1cccc(OCC(=O)Oc2ccc(F)cc2)c1C. The predicted molar refractivity (Wildman–Crippen MR) is 73.4 cm³/mol. The molecule has 0 radical (unpaired) electrons. The molecule has 3 nitrogen and oxygen atoms in total. The third kappa shape index (κ3) is 3.57. The zero-order valence-corrected chi connectivity index (χ0v) is 11.4. The van der Waals surface area contributed by atoms with Gasteiger partial charge >= 0.3 is 5.97 Å². The normalized spacial score (nSPS) is 10.2. The summed E-state index contributed by atoms with van der Waals surface area (Å²) in [5.41, 5.74) is 2.08. The Kier molecular flexibility index (Phi) is 4.35. The minimum Gasteiger partial charge on any atom is -0.482 e. The highest BCUT2D eigenvalue weighted by Gasteiger charge is 2.08. The first-order chi connectivity index (χ1) is 9.56. The van der Waals surface area contributed by atoms with Crippen LogP contribution >= 0.6 is 0 Å². The molecule has 0 aliphatic carbocycles. The van der Waals surface area contributed by atoms with Crippen molar-refractivity contribution in [3.8, 4) is 11.5 Å². The lowest BCUT2D eigenvalue weighted by Crippen LogP contribution is -2.18. The van der Waals surface area contributed by atoms with Crippen LogP contribution in [0.4, 0.5) is 4.39 Å². The van der Waals surface area contributed by atoms with Crippen LogP contribution in [0.1, 0.15) is 11.1 Å². The summed E-state index contributed by atoms with van der Waals surface area (Å²) in [4.78, 5) is 11.6. The van der Waals surface area contributed by atoms with Gasteiger partial charge in [0.1, 0.15) is 17.3 Å². The first-order valence-corrected chi connectivity index (χ1v) is 6.21. The van der Waals surface area contributed by atoms with Gasteiger partial charge in [-0.1, -0.05) is 12.1 Å². The molecule has 0 N–H and O–H groups in total. The van der Waals surface area contributed by atoms with E-state index < -0.39 is 5.97 Å². The Hall–Kier alpha value is -2.36. The van der Waals surface area contributed by atoms with E-state index in [-0.39, 0.29) is 12.4 Å². The van der Waals surface area contributed by atoms with Crippen molar-refractivity contribution >= 4 is 5.97 Å². The molecule has 0 spiro atoms. The first kappa shape index (κ1) is 14.1. The van der Waals surface area contributed by atoms with E-state index in [1.54, 1.807) is 6.07 Å². The average Bonchev–Trinajstić information content (AvgIpc) is 2.43. The summed E-state index contributed by atoms with van der Waals surface area (Å²) >= 11 is 0. The maximum Gasteiger partial charge on any atom is 0.349 e. The largest absolute Gasteiger partial charge is 0.482 e. The lowest BCUT2D eigenvalue weighted by molar-refractivity contribution is -0.136. The third-order valence-electron chi connectivity index (χ3n) is 2.95. The zero-order chi connectivity index (χ0) is 14.5. The number of aryl methyl sites for hydroxylation is 1. The molecule has 0 saturated heterocycles. The number of ether oxygens (including phenoxy) is 2. The Morgan fingerprint density at radius 3 is 2.50 bits per heavy atom. The predicted octanol–water partition coefficient (Wildman–Crippen LogP) is 3.43. The van der Waals surface area contributed by atoms with Gasteiger partial charge < -0.3 is 9.47 Å². The Bertz CT molecular complexity index is 606. The summed E-state index contributed by atoms with van der Waals surface area (Å²) in [5, 5.41) is 0. The van der Waals surface area contributed by atoms with E-state index in [4.69, 9.17) is 9.47 Å². The van der Waals surface area contributed by atoms with Crippen molar-refractivity contribution in [2.45, 2.75) is 13.8 Å². The van der Waals surface area contributed by atoms with Crippen LogP contribution < -0.4 is 9.47 Å². The quantitative estimate of drug-likeness (QED) is 0.633. The number of hydrogen-bond acceptors (Lipinski definition) is 3. The van der Waals surface area contributed by atoms with Gasteiger partial charge in [-0.2, -0.15) is 0 Å². The minimum absolute atomic E-state index is 0.193. The monoisotopic (exact) mass is 274 g/mol. The molecular weight excluding hydrogens is 259 g/mol. The van der Waals surface area contributed by atoms with Crippen molar-refractivity contribution in [2.75, 3.05) is 6.61 Å². The summed E-state index contributed by atoms with van der Waals surface area (Å²) in [6.07, 6.45) is 0. The molecule has 0 fully saturated rings. The van der Waals surface area contributed by atoms with Gasteiger partial charge in [-0.3, -0.25) is 0 Å². The van der Waals surface area contributed by atoms with Gasteiger partial charge in [-0.25, -0.2) is 9.18 Å². The van der Waals surface area contributed by atoms with E-state index in [1.807, 2.05) is 26.0 Å². The second kappa shape index (κ2) is 6.19. The highest BCUT2D eigenvalue weighted by Crippen LogP contribution is 2.20. The topological polar surface area (TPSA) is 35.5 Å². The van der Waals surface area contributed by atoms with Crippen LogP contribution in [-0.4, -0.2) is 12.6 Å². The van der Waals surface area contributed by atoms with Gasteiger partial charge in [-0.05, 0) is 55.3 Å². The zero-order valence-electron chi connectivity index (χ0n) is 11.4. The molecule has 0 saturated carbocycles. The Morgan fingerprint density at radius 1 is 1.10 bits per heavy atom. The number of esters is 1. The maximum atomic E-state index is 12.7. The highest BCUT2D eigenvalue weighted by atomic mass is 19.1. The Morgan fingerprint density at radius 2 is 1.80 bits per heavy atom. The number of halogens is 1. The molecule has 2 rings (SSSR count). The summed E-state index contributed by atoms with van der Waals surface area (Å²) in [7, 11) is 0. The van der Waals surface area contributed by atoms with Crippen LogP contribution in [0, 0.1) is 19.7 Å². The summed E-state index contributed by atoms with van der Waals surface area (Å²) in [6, 6.07) is 10.9. The van der Waals surface area contributed by atoms with Crippen molar-refractivity contribution in [3.63, 3.8) is 0 Å². The van der Waals surface area contributed by atoms with Gasteiger partial charge in [0.05, 0.1) is 0 Å². The summed E-state index contributed by atoms with van der Waals surface area (Å²) in [5.74, 6) is 0.0379. The Labute approximate surface area is 117 Å². The number of rotatable bonds is 4. The number of carbonyl (C=O) groups excluding carboxylic acids is 1. The van der Waals surface area contributed by atoms with Crippen molar-refractivity contribution < 1.29 is 18.7 Å². The third-order valence-corrected chi connectivity index (χ3v) is 2.95. The van der Waals surface area contributed by atoms with E-state index >= 15 is 0 Å². The second-order valence-corrected chi connectivity index (χ2v) is 4.41. The fraction of sp³-hybridized carbons (Fsp3) is 0.188. The molecule has 104 valence electrons.